The maximum atomic E-state index is 13.1. The van der Waals surface area contributed by atoms with Crippen molar-refractivity contribution in [2.75, 3.05) is 7.11 Å². The van der Waals surface area contributed by atoms with Crippen LogP contribution in [0, 0.1) is 0 Å². The molecule has 56 heavy (non-hydrogen) atoms. The number of fused-ring (bicyclic) bond motifs is 3. The molecule has 0 aliphatic carbocycles. The number of unbranched alkanes of at least 4 members (excludes halogenated alkanes) is 7. The largest absolute Gasteiger partial charge is 0.484 e. The molecule has 0 spiro atoms. The minimum atomic E-state index is -4.12. The third kappa shape index (κ3) is 14.8. The van der Waals surface area contributed by atoms with Crippen LogP contribution in [0.4, 0.5) is 0 Å². The highest BCUT2D eigenvalue weighted by atomic mass is 28.6. The van der Waals surface area contributed by atoms with Gasteiger partial charge in [-0.05, 0) is 76.9 Å². The van der Waals surface area contributed by atoms with Gasteiger partial charge in [-0.25, -0.2) is 0 Å². The Morgan fingerprint density at radius 3 is 1.29 bits per heavy atom. The van der Waals surface area contributed by atoms with Crippen molar-refractivity contribution in [3.63, 3.8) is 0 Å². The van der Waals surface area contributed by atoms with Crippen molar-refractivity contribution < 1.29 is 50.4 Å². The minimum absolute atomic E-state index is 0.352. The minimum Gasteiger partial charge on any atom is -0.437 e. The van der Waals surface area contributed by atoms with E-state index in [9.17, 15) is 4.80 Å². The van der Waals surface area contributed by atoms with Crippen LogP contribution in [0.15, 0.2) is 0 Å². The number of hydrogen-bond donors (Lipinski definition) is 1. The summed E-state index contributed by atoms with van der Waals surface area (Å²) in [5.74, 6) is 0. The molecule has 3 rings (SSSR count). The molecule has 12 nitrogen and oxygen atoms in total. The average Bonchev–Trinajstić information content (AvgIpc) is 3.09. The molecule has 21 heteroatoms. The second kappa shape index (κ2) is 22.2. The Morgan fingerprint density at radius 2 is 0.839 bits per heavy atom. The van der Waals surface area contributed by atoms with E-state index < -0.39 is 78.0 Å². The first-order valence-corrected chi connectivity index (χ1v) is 42.9. The van der Waals surface area contributed by atoms with Gasteiger partial charge in [0.1, 0.15) is 0 Å². The summed E-state index contributed by atoms with van der Waals surface area (Å²) < 4.78 is 82.9. The van der Waals surface area contributed by atoms with Gasteiger partial charge in [-0.2, -0.15) is 0 Å². The zero-order chi connectivity index (χ0) is 41.8. The van der Waals surface area contributed by atoms with Gasteiger partial charge < -0.3 is 50.4 Å². The van der Waals surface area contributed by atoms with Crippen molar-refractivity contribution in [3.8, 4) is 0 Å². The van der Waals surface area contributed by atoms with Crippen molar-refractivity contribution in [1.29, 1.82) is 0 Å². The Hall–Kier alpha value is 1.47. The number of rotatable bonds is 26. The summed E-state index contributed by atoms with van der Waals surface area (Å²) in [7, 11) is -29.3. The van der Waals surface area contributed by atoms with Crippen molar-refractivity contribution in [3.05, 3.63) is 0 Å². The first kappa shape index (κ1) is 51.8. The fraction of sp³-hybridized carbons (Fsp3) is 1.00. The summed E-state index contributed by atoms with van der Waals surface area (Å²) in [5.41, 5.74) is 0.543. The monoisotopic (exact) mass is 948 g/mol. The molecule has 0 aromatic heterocycles. The molecule has 0 aromatic carbocycles. The van der Waals surface area contributed by atoms with Gasteiger partial charge >= 0.3 is 69.7 Å². The Kier molecular flexibility index (Phi) is 20.5. The Morgan fingerprint density at radius 1 is 0.464 bits per heavy atom. The van der Waals surface area contributed by atoms with Crippen LogP contribution in [-0.4, -0.2) is 89.9 Å². The van der Waals surface area contributed by atoms with Crippen molar-refractivity contribution in [2.24, 2.45) is 0 Å². The molecule has 5 unspecified atom stereocenters. The van der Waals surface area contributed by atoms with E-state index in [1.54, 1.807) is 7.11 Å². The predicted octanol–water partition coefficient (Wildman–Crippen LogP) is 11.1. The topological polar surface area (TPSA) is 122 Å². The molecule has 332 valence electrons. The highest BCUT2D eigenvalue weighted by molar-refractivity contribution is 7.03. The zero-order valence-electron chi connectivity index (χ0n) is 38.0. The van der Waals surface area contributed by atoms with E-state index in [0.29, 0.717) is 41.9 Å². The lowest BCUT2D eigenvalue weighted by molar-refractivity contribution is 0.0483. The van der Waals surface area contributed by atoms with Gasteiger partial charge in [0.25, 0.3) is 0 Å². The van der Waals surface area contributed by atoms with E-state index in [-0.39, 0.29) is 0 Å². The third-order valence-corrected chi connectivity index (χ3v) is 51.0. The summed E-state index contributed by atoms with van der Waals surface area (Å²) in [5, 5.41) is 0. The summed E-state index contributed by atoms with van der Waals surface area (Å²) in [6, 6.07) is 4.01. The molecule has 4 bridgehead atoms. The van der Waals surface area contributed by atoms with Crippen LogP contribution in [-0.2, 0) is 45.6 Å². The Balaban J connectivity index is 2.57. The van der Waals surface area contributed by atoms with Gasteiger partial charge in [0.15, 0.2) is 8.32 Å². The Bertz CT molecular complexity index is 1180. The first-order chi connectivity index (χ1) is 26.3. The van der Waals surface area contributed by atoms with Crippen molar-refractivity contribution in [1.82, 2.24) is 0 Å². The second-order valence-corrected chi connectivity index (χ2v) is 48.9. The quantitative estimate of drug-likeness (QED) is 0.0831. The molecule has 3 fully saturated rings. The second-order valence-electron chi connectivity index (χ2n) is 17.9. The lowest BCUT2D eigenvalue weighted by Crippen LogP contribution is -2.81. The SMILES string of the molecule is CCCC[Si]1(O)O[Si]2(CCCC)O[Si](CCCC)(O[Si](C)(C)O[Si](C)(C)C)O[Si]3(CCCC)C[Si@](CCCC)(O2)O[Si](CCCC)(O1)O[Si@@](CCCC)(OC)O3. The molecule has 0 amide bonds. The molecule has 7 atom stereocenters. The van der Waals surface area contributed by atoms with E-state index in [0.717, 1.165) is 95.9 Å². The highest BCUT2D eigenvalue weighted by Crippen LogP contribution is 2.51. The molecule has 3 heterocycles. The smallest absolute Gasteiger partial charge is 0.437 e. The fourth-order valence-corrected chi connectivity index (χ4v) is 63.4. The maximum Gasteiger partial charge on any atom is 0.484 e. The van der Waals surface area contributed by atoms with Crippen LogP contribution in [0.3, 0.4) is 0 Å². The lowest BCUT2D eigenvalue weighted by Gasteiger charge is -2.59. The normalized spacial score (nSPS) is 35.5. The van der Waals surface area contributed by atoms with E-state index in [1.807, 2.05) is 0 Å². The molecule has 3 saturated heterocycles. The van der Waals surface area contributed by atoms with Gasteiger partial charge in [-0.3, -0.25) is 0 Å². The summed E-state index contributed by atoms with van der Waals surface area (Å²) in [6.07, 6.45) is 12.3. The van der Waals surface area contributed by atoms with E-state index in [2.05, 4.69) is 81.2 Å². The van der Waals surface area contributed by atoms with Crippen LogP contribution in [0.5, 0.6) is 0 Å². The van der Waals surface area contributed by atoms with Gasteiger partial charge in [-0.1, -0.05) is 106 Å². The molecular weight excluding hydrogens is 865 g/mol. The molecule has 3 aliphatic rings. The summed E-state index contributed by atoms with van der Waals surface area (Å²) in [6.45, 7) is 26.2. The standard InChI is InChI=1S/C35H84O12Si9/c1-14-21-28-50-35-51(29-22-15-2)42-55(33-26-19-6,46-53(37-8,40-50)31-24-17-4)44-52(36,30-23-16-3)45-56(43-51,34-27-20-7)47-54(41-50,32-25-18-5)39-49(12,13)38-48(9,10)11/h36H,14-35H2,1-13H3/t50?,51-,52?,53-,54?,55?,56?/m0/s1. The summed E-state index contributed by atoms with van der Waals surface area (Å²) in [4.78, 5) is 13.1. The molecular formula is C35H84O12Si9. The average molecular weight is 950 g/mol. The van der Waals surface area contributed by atoms with Gasteiger partial charge in [0.05, 0.1) is 0 Å². The van der Waals surface area contributed by atoms with E-state index in [4.69, 9.17) is 45.6 Å². The third-order valence-electron chi connectivity index (χ3n) is 10.4. The molecule has 0 radical (unpaired) electrons. The highest BCUT2D eigenvalue weighted by Gasteiger charge is 2.75. The predicted molar refractivity (Wildman–Crippen MR) is 244 cm³/mol. The Labute approximate surface area is 352 Å². The van der Waals surface area contributed by atoms with Crippen LogP contribution < -0.4 is 0 Å². The molecule has 3 aliphatic heterocycles. The lowest BCUT2D eigenvalue weighted by atomic mass is 10.4. The molecule has 0 aromatic rings. The van der Waals surface area contributed by atoms with Gasteiger partial charge in [0, 0.05) is 43.0 Å². The summed E-state index contributed by atoms with van der Waals surface area (Å²) >= 11 is 0. The van der Waals surface area contributed by atoms with E-state index in [1.165, 1.54) is 0 Å². The first-order valence-electron chi connectivity index (χ1n) is 22.6. The van der Waals surface area contributed by atoms with Crippen LogP contribution >= 0.6 is 0 Å². The van der Waals surface area contributed by atoms with Gasteiger partial charge in [0.2, 0.25) is 0 Å². The zero-order valence-corrected chi connectivity index (χ0v) is 47.0. The van der Waals surface area contributed by atoms with Crippen LogP contribution in [0.1, 0.15) is 138 Å². The van der Waals surface area contributed by atoms with Gasteiger partial charge in [-0.15, -0.1) is 0 Å². The van der Waals surface area contributed by atoms with Crippen LogP contribution in [0.2, 0.25) is 80.7 Å². The van der Waals surface area contributed by atoms with Crippen molar-refractivity contribution >= 4 is 78.0 Å². The van der Waals surface area contributed by atoms with Crippen molar-refractivity contribution in [2.45, 2.75) is 219 Å². The maximum absolute atomic E-state index is 13.1. The number of hydrogen-bond acceptors (Lipinski definition) is 12. The van der Waals surface area contributed by atoms with Crippen LogP contribution in [0.25, 0.3) is 0 Å². The fourth-order valence-electron chi connectivity index (χ4n) is 8.15. The molecule has 0 saturated carbocycles. The van der Waals surface area contributed by atoms with E-state index >= 15 is 0 Å². The molecule has 1 N–H and O–H groups in total.